The number of rotatable bonds is 2. The number of carboxylic acids is 1. The van der Waals surface area contributed by atoms with Gasteiger partial charge in [0, 0.05) is 7.11 Å². The van der Waals surface area contributed by atoms with Gasteiger partial charge in [-0.25, -0.2) is 0 Å². The summed E-state index contributed by atoms with van der Waals surface area (Å²) in [5.74, 6) is 0.417. The minimum absolute atomic E-state index is 0.0791. The SMILES string of the molecule is COC12CC3CC(C1)C(C(=O)O)(C3)C2. The Morgan fingerprint density at radius 2 is 2.21 bits per heavy atom. The first-order chi connectivity index (χ1) is 6.60. The van der Waals surface area contributed by atoms with Crippen LogP contribution < -0.4 is 0 Å². The average molecular weight is 196 g/mol. The smallest absolute Gasteiger partial charge is 0.310 e. The number of carboxylic acid groups (broad SMARTS) is 1. The zero-order valence-electron chi connectivity index (χ0n) is 8.45. The second kappa shape index (κ2) is 2.32. The third-order valence-electron chi connectivity index (χ3n) is 4.83. The lowest BCUT2D eigenvalue weighted by Crippen LogP contribution is -2.40. The molecule has 0 aromatic carbocycles. The van der Waals surface area contributed by atoms with Crippen molar-refractivity contribution in [2.75, 3.05) is 7.11 Å². The molecule has 0 aromatic heterocycles. The number of ether oxygens (including phenoxy) is 1. The van der Waals surface area contributed by atoms with Crippen molar-refractivity contribution in [3.8, 4) is 0 Å². The molecule has 78 valence electrons. The van der Waals surface area contributed by atoms with Crippen LogP contribution in [-0.4, -0.2) is 23.8 Å². The fourth-order valence-electron chi connectivity index (χ4n) is 4.40. The highest BCUT2D eigenvalue weighted by Crippen LogP contribution is 2.67. The summed E-state index contributed by atoms with van der Waals surface area (Å²) in [6.45, 7) is 0. The number of aliphatic carboxylic acids is 1. The third-order valence-corrected chi connectivity index (χ3v) is 4.83. The van der Waals surface area contributed by atoms with Crippen molar-refractivity contribution in [1.82, 2.24) is 0 Å². The molecule has 4 unspecified atom stereocenters. The van der Waals surface area contributed by atoms with Crippen molar-refractivity contribution in [3.63, 3.8) is 0 Å². The Hall–Kier alpha value is -0.570. The fourth-order valence-corrected chi connectivity index (χ4v) is 4.40. The van der Waals surface area contributed by atoms with Crippen molar-refractivity contribution in [2.45, 2.75) is 37.7 Å². The van der Waals surface area contributed by atoms with Gasteiger partial charge in [0.25, 0.3) is 0 Å². The van der Waals surface area contributed by atoms with E-state index >= 15 is 0 Å². The van der Waals surface area contributed by atoms with Gasteiger partial charge in [0.15, 0.2) is 0 Å². The Labute approximate surface area is 83.4 Å². The lowest BCUT2D eigenvalue weighted by molar-refractivity contribution is -0.153. The van der Waals surface area contributed by atoms with Crippen LogP contribution in [0, 0.1) is 17.3 Å². The van der Waals surface area contributed by atoms with Crippen LogP contribution in [0.25, 0.3) is 0 Å². The number of hydrogen-bond donors (Lipinski definition) is 1. The molecule has 14 heavy (non-hydrogen) atoms. The van der Waals surface area contributed by atoms with E-state index in [1.54, 1.807) is 7.11 Å². The highest BCUT2D eigenvalue weighted by atomic mass is 16.5. The zero-order chi connectivity index (χ0) is 9.97. The molecule has 4 bridgehead atoms. The first kappa shape index (κ1) is 8.72. The van der Waals surface area contributed by atoms with Gasteiger partial charge in [-0.15, -0.1) is 0 Å². The zero-order valence-corrected chi connectivity index (χ0v) is 8.45. The van der Waals surface area contributed by atoms with Crippen LogP contribution in [0.1, 0.15) is 32.1 Å². The molecule has 4 rings (SSSR count). The molecule has 3 heteroatoms. The van der Waals surface area contributed by atoms with Gasteiger partial charge < -0.3 is 9.84 Å². The Morgan fingerprint density at radius 1 is 1.43 bits per heavy atom. The summed E-state index contributed by atoms with van der Waals surface area (Å²) >= 11 is 0. The van der Waals surface area contributed by atoms with Gasteiger partial charge in [-0.1, -0.05) is 0 Å². The monoisotopic (exact) mass is 196 g/mol. The van der Waals surface area contributed by atoms with Gasteiger partial charge in [-0.2, -0.15) is 0 Å². The molecule has 4 saturated carbocycles. The standard InChI is InChI=1S/C11H16O3/c1-14-10-3-7-2-8(5-10)11(4-7,6-10)9(12)13/h7-8H,2-6H2,1H3,(H,12,13). The van der Waals surface area contributed by atoms with Gasteiger partial charge in [0.1, 0.15) is 0 Å². The van der Waals surface area contributed by atoms with E-state index in [-0.39, 0.29) is 5.60 Å². The van der Waals surface area contributed by atoms with Crippen molar-refractivity contribution >= 4 is 5.97 Å². The molecule has 4 atom stereocenters. The molecule has 4 aliphatic carbocycles. The molecule has 4 fully saturated rings. The maximum Gasteiger partial charge on any atom is 0.310 e. The van der Waals surface area contributed by atoms with E-state index in [9.17, 15) is 9.90 Å². The predicted molar refractivity (Wildman–Crippen MR) is 49.9 cm³/mol. The van der Waals surface area contributed by atoms with Crippen LogP contribution in [-0.2, 0) is 9.53 Å². The van der Waals surface area contributed by atoms with Crippen molar-refractivity contribution in [2.24, 2.45) is 17.3 Å². The van der Waals surface area contributed by atoms with E-state index in [0.717, 1.165) is 32.1 Å². The molecular formula is C11H16O3. The van der Waals surface area contributed by atoms with Crippen LogP contribution in [0.15, 0.2) is 0 Å². The third kappa shape index (κ3) is 0.800. The van der Waals surface area contributed by atoms with E-state index < -0.39 is 11.4 Å². The fraction of sp³-hybridized carbons (Fsp3) is 0.909. The highest BCUT2D eigenvalue weighted by Gasteiger charge is 2.67. The molecule has 0 radical (unpaired) electrons. The van der Waals surface area contributed by atoms with Gasteiger partial charge in [-0.3, -0.25) is 4.79 Å². The quantitative estimate of drug-likeness (QED) is 0.730. The molecule has 1 N–H and O–H groups in total. The number of hydrogen-bond acceptors (Lipinski definition) is 2. The summed E-state index contributed by atoms with van der Waals surface area (Å²) in [6, 6.07) is 0. The second-order valence-corrected chi connectivity index (χ2v) is 5.44. The molecule has 0 heterocycles. The van der Waals surface area contributed by atoms with E-state index in [4.69, 9.17) is 4.74 Å². The van der Waals surface area contributed by atoms with Crippen LogP contribution in [0.4, 0.5) is 0 Å². The van der Waals surface area contributed by atoms with Crippen molar-refractivity contribution < 1.29 is 14.6 Å². The lowest BCUT2D eigenvalue weighted by atomic mass is 9.73. The van der Waals surface area contributed by atoms with Crippen molar-refractivity contribution in [1.29, 1.82) is 0 Å². The largest absolute Gasteiger partial charge is 0.481 e. The number of methoxy groups -OCH3 is 1. The Bertz CT molecular complexity index is 301. The highest BCUT2D eigenvalue weighted by molar-refractivity contribution is 5.77. The number of carbonyl (C=O) groups is 1. The van der Waals surface area contributed by atoms with Gasteiger partial charge in [-0.05, 0) is 43.9 Å². The average Bonchev–Trinajstić information content (AvgIpc) is 2.52. The van der Waals surface area contributed by atoms with Gasteiger partial charge >= 0.3 is 5.97 Å². The maximum absolute atomic E-state index is 11.4. The van der Waals surface area contributed by atoms with E-state index in [1.807, 2.05) is 0 Å². The van der Waals surface area contributed by atoms with Crippen molar-refractivity contribution in [3.05, 3.63) is 0 Å². The van der Waals surface area contributed by atoms with Crippen LogP contribution in [0.3, 0.4) is 0 Å². The molecule has 3 nitrogen and oxygen atoms in total. The predicted octanol–water partition coefficient (Wildman–Crippen LogP) is 1.67. The summed E-state index contributed by atoms with van der Waals surface area (Å²) in [5, 5.41) is 9.37. The summed E-state index contributed by atoms with van der Waals surface area (Å²) in [4.78, 5) is 11.4. The minimum atomic E-state index is -0.580. The molecule has 4 aliphatic rings. The molecular weight excluding hydrogens is 180 g/mol. The maximum atomic E-state index is 11.4. The summed E-state index contributed by atoms with van der Waals surface area (Å²) in [7, 11) is 1.74. The molecule has 0 saturated heterocycles. The Balaban J connectivity index is 2.02. The van der Waals surface area contributed by atoms with Gasteiger partial charge in [0.2, 0.25) is 0 Å². The molecule has 0 amide bonds. The molecule has 0 aromatic rings. The lowest BCUT2D eigenvalue weighted by Gasteiger charge is -2.38. The summed E-state index contributed by atoms with van der Waals surface area (Å²) in [6.07, 6.45) is 4.85. The normalized spacial score (nSPS) is 54.1. The summed E-state index contributed by atoms with van der Waals surface area (Å²) < 4.78 is 5.58. The van der Waals surface area contributed by atoms with E-state index in [1.165, 1.54) is 0 Å². The van der Waals surface area contributed by atoms with Crippen LogP contribution in [0.5, 0.6) is 0 Å². The Morgan fingerprint density at radius 3 is 2.79 bits per heavy atom. The first-order valence-corrected chi connectivity index (χ1v) is 5.39. The second-order valence-electron chi connectivity index (χ2n) is 5.44. The molecule has 0 aliphatic heterocycles. The minimum Gasteiger partial charge on any atom is -0.481 e. The topological polar surface area (TPSA) is 46.5 Å². The van der Waals surface area contributed by atoms with Gasteiger partial charge in [0.05, 0.1) is 11.0 Å². The summed E-state index contributed by atoms with van der Waals surface area (Å²) in [5.41, 5.74) is -0.497. The Kier molecular flexibility index (Phi) is 1.45. The molecule has 0 spiro atoms. The van der Waals surface area contributed by atoms with E-state index in [2.05, 4.69) is 0 Å². The van der Waals surface area contributed by atoms with Crippen LogP contribution in [0.2, 0.25) is 0 Å². The first-order valence-electron chi connectivity index (χ1n) is 5.39. The van der Waals surface area contributed by atoms with Crippen LogP contribution >= 0.6 is 0 Å². The van der Waals surface area contributed by atoms with E-state index in [0.29, 0.717) is 11.8 Å².